The summed E-state index contributed by atoms with van der Waals surface area (Å²) in [5.74, 6) is -0.155. The van der Waals surface area contributed by atoms with Gasteiger partial charge in [-0.15, -0.1) is 0 Å². The number of hydrogen-bond acceptors (Lipinski definition) is 7. The van der Waals surface area contributed by atoms with Crippen molar-refractivity contribution < 1.29 is 31.8 Å². The molecule has 4 aromatic rings. The van der Waals surface area contributed by atoms with Gasteiger partial charge >= 0.3 is 12.3 Å². The van der Waals surface area contributed by atoms with Crippen molar-refractivity contribution in [1.29, 1.82) is 0 Å². The summed E-state index contributed by atoms with van der Waals surface area (Å²) in [7, 11) is 1.49. The highest BCUT2D eigenvalue weighted by atomic mass is 19.4. The van der Waals surface area contributed by atoms with Gasteiger partial charge in [-0.2, -0.15) is 18.2 Å². The molecule has 1 aliphatic heterocycles. The Hall–Kier alpha value is -4.42. The van der Waals surface area contributed by atoms with Crippen molar-refractivity contribution in [2.75, 3.05) is 25.5 Å². The molecule has 1 saturated heterocycles. The Labute approximate surface area is 239 Å². The summed E-state index contributed by atoms with van der Waals surface area (Å²) in [5, 5.41) is 3.27. The van der Waals surface area contributed by atoms with Crippen LogP contribution in [-0.2, 0) is 10.9 Å². The summed E-state index contributed by atoms with van der Waals surface area (Å²) < 4.78 is 67.2. The van der Waals surface area contributed by atoms with Crippen LogP contribution in [0.5, 0.6) is 5.75 Å². The molecule has 3 heterocycles. The van der Waals surface area contributed by atoms with Crippen LogP contribution < -0.4 is 10.1 Å². The lowest BCUT2D eigenvalue weighted by atomic mass is 10.1. The minimum absolute atomic E-state index is 0.0484. The van der Waals surface area contributed by atoms with Gasteiger partial charge in [0.2, 0.25) is 5.95 Å². The molecule has 0 spiro atoms. The number of benzene rings is 2. The van der Waals surface area contributed by atoms with E-state index in [-0.39, 0.29) is 23.4 Å². The molecule has 0 unspecified atom stereocenters. The van der Waals surface area contributed by atoms with Crippen LogP contribution in [0.4, 0.5) is 28.3 Å². The summed E-state index contributed by atoms with van der Waals surface area (Å²) in [5.41, 5.74) is -0.978. The van der Waals surface area contributed by atoms with Crippen LogP contribution in [-0.4, -0.2) is 62.4 Å². The first-order chi connectivity index (χ1) is 19.8. The Morgan fingerprint density at radius 1 is 1.07 bits per heavy atom. The molecular weight excluding hydrogens is 556 g/mol. The number of likely N-dealkylation sites (tertiary alicyclic amines) is 1. The fraction of sp³-hybridized carbons (Fsp3) is 0.379. The van der Waals surface area contributed by atoms with Gasteiger partial charge in [0.25, 0.3) is 0 Å². The number of imidazole rings is 1. The number of halogens is 4. The number of amides is 1. The number of alkyl halides is 3. The predicted octanol–water partition coefficient (Wildman–Crippen LogP) is 6.46. The third kappa shape index (κ3) is 6.24. The third-order valence-corrected chi connectivity index (χ3v) is 6.67. The van der Waals surface area contributed by atoms with E-state index in [0.29, 0.717) is 35.7 Å². The number of nitrogens with one attached hydrogen (secondary N) is 1. The number of fused-ring (bicyclic) bond motifs is 1. The van der Waals surface area contributed by atoms with Crippen molar-refractivity contribution in [3.05, 3.63) is 60.0 Å². The molecule has 1 amide bonds. The summed E-state index contributed by atoms with van der Waals surface area (Å²) in [6.45, 7) is 6.38. The molecule has 5 rings (SSSR count). The number of rotatable bonds is 5. The number of ether oxygens (including phenoxy) is 2. The van der Waals surface area contributed by atoms with E-state index in [9.17, 15) is 22.4 Å². The van der Waals surface area contributed by atoms with Crippen LogP contribution in [0.15, 0.2) is 48.7 Å². The van der Waals surface area contributed by atoms with Crippen LogP contribution in [0.2, 0.25) is 0 Å². The number of anilines is 1. The minimum atomic E-state index is -4.89. The second-order valence-electron chi connectivity index (χ2n) is 11.0. The molecule has 0 saturated carbocycles. The average molecular weight is 587 g/mol. The van der Waals surface area contributed by atoms with E-state index in [4.69, 9.17) is 9.47 Å². The van der Waals surface area contributed by atoms with E-state index < -0.39 is 29.3 Å². The van der Waals surface area contributed by atoms with E-state index in [1.165, 1.54) is 19.4 Å². The van der Waals surface area contributed by atoms with Crippen molar-refractivity contribution in [3.8, 4) is 23.0 Å². The molecular formula is C29H30F4N6O3. The zero-order chi connectivity index (χ0) is 30.2. The number of carbonyl (C=O) groups excluding carboxylic acids is 1. The molecule has 1 aliphatic rings. The standard InChI is InChI=1S/C29H30F4N6O3/c1-28(2,3)42-27(40)38-13-5-6-18(16-38)35-26-34-12-11-24(37-26)39-23-10-8-19(41-4)15-22(23)36-25(39)17-7-9-21(30)20(14-17)29(31,32)33/h7-12,14-15,18H,5-6,13,16H2,1-4H3,(H,34,35,37)/t18-/m0/s1. The number of methoxy groups -OCH3 is 1. The molecule has 1 atom stereocenters. The SMILES string of the molecule is COc1ccc2c(c1)nc(-c1ccc(F)c(C(F)(F)F)c1)n2-c1ccnc(N[C@H]2CCCN(C(=O)OC(C)(C)C)C2)n1. The fourth-order valence-corrected chi connectivity index (χ4v) is 4.81. The molecule has 2 aromatic carbocycles. The van der Waals surface area contributed by atoms with Gasteiger partial charge in [-0.25, -0.2) is 19.2 Å². The van der Waals surface area contributed by atoms with E-state index >= 15 is 0 Å². The zero-order valence-electron chi connectivity index (χ0n) is 23.5. The Bertz CT molecular complexity index is 1620. The first-order valence-corrected chi connectivity index (χ1v) is 13.3. The number of hydrogen-bond donors (Lipinski definition) is 1. The molecule has 2 aromatic heterocycles. The van der Waals surface area contributed by atoms with E-state index in [0.717, 1.165) is 25.0 Å². The molecule has 1 N–H and O–H groups in total. The Kier molecular flexibility index (Phi) is 7.69. The van der Waals surface area contributed by atoms with Gasteiger partial charge in [0.1, 0.15) is 28.8 Å². The van der Waals surface area contributed by atoms with Gasteiger partial charge < -0.3 is 19.7 Å². The maximum Gasteiger partial charge on any atom is 0.419 e. The minimum Gasteiger partial charge on any atom is -0.497 e. The zero-order valence-corrected chi connectivity index (χ0v) is 23.5. The molecule has 222 valence electrons. The molecule has 1 fully saturated rings. The number of piperidine rings is 1. The maximum absolute atomic E-state index is 14.1. The molecule has 0 radical (unpaired) electrons. The average Bonchev–Trinajstić information content (AvgIpc) is 3.31. The summed E-state index contributed by atoms with van der Waals surface area (Å²) in [6.07, 6.45) is -2.25. The highest BCUT2D eigenvalue weighted by Gasteiger charge is 2.35. The lowest BCUT2D eigenvalue weighted by Gasteiger charge is -2.34. The maximum atomic E-state index is 14.1. The van der Waals surface area contributed by atoms with Crippen molar-refractivity contribution in [1.82, 2.24) is 24.4 Å². The van der Waals surface area contributed by atoms with Gasteiger partial charge in [-0.1, -0.05) is 0 Å². The Morgan fingerprint density at radius 3 is 2.57 bits per heavy atom. The topological polar surface area (TPSA) is 94.4 Å². The van der Waals surface area contributed by atoms with Crippen LogP contribution in [0.25, 0.3) is 28.2 Å². The van der Waals surface area contributed by atoms with E-state index in [2.05, 4.69) is 20.3 Å². The third-order valence-electron chi connectivity index (χ3n) is 6.67. The lowest BCUT2D eigenvalue weighted by molar-refractivity contribution is -0.139. The van der Waals surface area contributed by atoms with Crippen LogP contribution >= 0.6 is 0 Å². The van der Waals surface area contributed by atoms with Crippen molar-refractivity contribution in [2.24, 2.45) is 0 Å². The predicted molar refractivity (Wildman–Crippen MR) is 148 cm³/mol. The summed E-state index contributed by atoms with van der Waals surface area (Å²) in [6, 6.07) is 9.26. The van der Waals surface area contributed by atoms with E-state index in [1.807, 2.05) is 20.8 Å². The number of carbonyl (C=O) groups is 1. The monoisotopic (exact) mass is 586 g/mol. The van der Waals surface area contributed by atoms with Crippen LogP contribution in [0.1, 0.15) is 39.2 Å². The lowest BCUT2D eigenvalue weighted by Crippen LogP contribution is -2.47. The van der Waals surface area contributed by atoms with Crippen LogP contribution in [0.3, 0.4) is 0 Å². The molecule has 13 heteroatoms. The highest BCUT2D eigenvalue weighted by molar-refractivity contribution is 5.84. The number of nitrogens with zero attached hydrogens (tertiary/aromatic N) is 5. The van der Waals surface area contributed by atoms with Gasteiger partial charge in [0, 0.05) is 37.0 Å². The second-order valence-corrected chi connectivity index (χ2v) is 11.0. The van der Waals surface area contributed by atoms with Crippen LogP contribution in [0, 0.1) is 5.82 Å². The molecule has 42 heavy (non-hydrogen) atoms. The smallest absolute Gasteiger partial charge is 0.419 e. The van der Waals surface area contributed by atoms with Crippen molar-refractivity contribution in [3.63, 3.8) is 0 Å². The number of aromatic nitrogens is 4. The molecule has 9 nitrogen and oxygen atoms in total. The normalized spacial score (nSPS) is 16.0. The second kappa shape index (κ2) is 11.1. The summed E-state index contributed by atoms with van der Waals surface area (Å²) >= 11 is 0. The molecule has 0 bridgehead atoms. The molecule has 0 aliphatic carbocycles. The van der Waals surface area contributed by atoms with Gasteiger partial charge in [0.05, 0.1) is 23.7 Å². The van der Waals surface area contributed by atoms with Gasteiger partial charge in [-0.3, -0.25) is 4.57 Å². The first kappa shape index (κ1) is 29.1. The highest BCUT2D eigenvalue weighted by Crippen LogP contribution is 2.36. The fourth-order valence-electron chi connectivity index (χ4n) is 4.81. The largest absolute Gasteiger partial charge is 0.497 e. The summed E-state index contributed by atoms with van der Waals surface area (Å²) in [4.78, 5) is 27.8. The van der Waals surface area contributed by atoms with Gasteiger partial charge in [-0.05, 0) is 70.0 Å². The van der Waals surface area contributed by atoms with Crippen molar-refractivity contribution >= 4 is 23.1 Å². The Balaban J connectivity index is 1.51. The van der Waals surface area contributed by atoms with E-state index in [1.54, 1.807) is 33.7 Å². The quantitative estimate of drug-likeness (QED) is 0.268. The Morgan fingerprint density at radius 2 is 1.86 bits per heavy atom. The first-order valence-electron chi connectivity index (χ1n) is 13.3. The van der Waals surface area contributed by atoms with Crippen molar-refractivity contribution in [2.45, 2.75) is 51.4 Å². The van der Waals surface area contributed by atoms with Gasteiger partial charge in [0.15, 0.2) is 0 Å².